The monoisotopic (exact) mass is 257 g/mol. The summed E-state index contributed by atoms with van der Waals surface area (Å²) in [6.45, 7) is 10.7. The molecule has 2 N–H and O–H groups in total. The summed E-state index contributed by atoms with van der Waals surface area (Å²) in [5.74, 6) is 0.263. The van der Waals surface area contributed by atoms with Crippen molar-refractivity contribution in [2.75, 3.05) is 39.3 Å². The van der Waals surface area contributed by atoms with Gasteiger partial charge >= 0.3 is 6.03 Å². The van der Waals surface area contributed by atoms with E-state index in [2.05, 4.69) is 31.0 Å². The van der Waals surface area contributed by atoms with Crippen molar-refractivity contribution >= 4 is 6.03 Å². The first kappa shape index (κ1) is 15.2. The minimum atomic E-state index is 0.00533. The number of likely N-dealkylation sites (N-methyl/N-ethyl adjacent to an activating group) is 1. The van der Waals surface area contributed by atoms with Crippen molar-refractivity contribution in [2.24, 2.45) is 5.92 Å². The van der Waals surface area contributed by atoms with Crippen molar-refractivity contribution in [2.45, 2.75) is 33.2 Å². The molecule has 0 aromatic carbocycles. The molecule has 0 aromatic heterocycles. The molecule has 2 amide bonds. The summed E-state index contributed by atoms with van der Waals surface area (Å²) in [5.41, 5.74) is 0. The van der Waals surface area contributed by atoms with Crippen LogP contribution in [0.3, 0.4) is 0 Å². The summed E-state index contributed by atoms with van der Waals surface area (Å²) in [4.78, 5) is 16.0. The number of carbonyl (C=O) groups excluding carboxylic acids is 1. The number of nitrogens with one attached hydrogen (secondary N) is 1. The Bertz CT molecular complexity index is 259. The fourth-order valence-electron chi connectivity index (χ4n) is 2.37. The molecule has 1 heterocycles. The van der Waals surface area contributed by atoms with E-state index >= 15 is 0 Å². The first-order chi connectivity index (χ1) is 8.58. The Hall–Kier alpha value is -0.810. The molecule has 1 fully saturated rings. The van der Waals surface area contributed by atoms with Gasteiger partial charge in [-0.2, -0.15) is 0 Å². The van der Waals surface area contributed by atoms with Gasteiger partial charge in [0.05, 0.1) is 0 Å². The second-order valence-electron chi connectivity index (χ2n) is 5.24. The fourth-order valence-corrected chi connectivity index (χ4v) is 2.37. The molecule has 1 atom stereocenters. The lowest BCUT2D eigenvalue weighted by Gasteiger charge is -2.25. The van der Waals surface area contributed by atoms with Gasteiger partial charge < -0.3 is 15.3 Å². The average Bonchev–Trinajstić information content (AvgIpc) is 2.82. The van der Waals surface area contributed by atoms with Gasteiger partial charge in [-0.05, 0) is 26.8 Å². The normalized spacial score (nSPS) is 19.9. The van der Waals surface area contributed by atoms with Gasteiger partial charge in [-0.15, -0.1) is 0 Å². The number of amides is 2. The maximum Gasteiger partial charge on any atom is 0.317 e. The van der Waals surface area contributed by atoms with Crippen molar-refractivity contribution in [3.05, 3.63) is 0 Å². The molecular formula is C13H27N3O2. The maximum absolute atomic E-state index is 11.9. The average molecular weight is 257 g/mol. The molecule has 0 aliphatic carbocycles. The van der Waals surface area contributed by atoms with Gasteiger partial charge in [-0.3, -0.25) is 4.90 Å². The third-order valence-electron chi connectivity index (χ3n) is 3.64. The van der Waals surface area contributed by atoms with E-state index in [9.17, 15) is 4.79 Å². The van der Waals surface area contributed by atoms with Crippen LogP contribution in [0.4, 0.5) is 4.79 Å². The maximum atomic E-state index is 11.9. The number of carbonyl (C=O) groups is 1. The highest BCUT2D eigenvalue weighted by Crippen LogP contribution is 2.14. The number of nitrogens with zero attached hydrogens (tertiary/aromatic N) is 2. The predicted molar refractivity (Wildman–Crippen MR) is 72.5 cm³/mol. The van der Waals surface area contributed by atoms with E-state index in [1.165, 1.54) is 0 Å². The Morgan fingerprint density at radius 2 is 2.28 bits per heavy atom. The van der Waals surface area contributed by atoms with E-state index in [1.807, 2.05) is 0 Å². The van der Waals surface area contributed by atoms with Crippen molar-refractivity contribution < 1.29 is 9.90 Å². The number of aliphatic hydroxyl groups is 1. The number of urea groups is 1. The van der Waals surface area contributed by atoms with Crippen molar-refractivity contribution in [1.29, 1.82) is 0 Å². The first-order valence-electron chi connectivity index (χ1n) is 6.96. The Kier molecular flexibility index (Phi) is 6.43. The Labute approximate surface area is 110 Å². The van der Waals surface area contributed by atoms with Crippen LogP contribution in [-0.2, 0) is 0 Å². The summed E-state index contributed by atoms with van der Waals surface area (Å²) in [5, 5.41) is 12.0. The smallest absolute Gasteiger partial charge is 0.317 e. The van der Waals surface area contributed by atoms with Crippen LogP contribution in [0.15, 0.2) is 0 Å². The predicted octanol–water partition coefficient (Wildman–Crippen LogP) is 0.741. The molecule has 0 saturated carbocycles. The van der Waals surface area contributed by atoms with Crippen molar-refractivity contribution in [3.63, 3.8) is 0 Å². The first-order valence-corrected chi connectivity index (χ1v) is 6.96. The van der Waals surface area contributed by atoms with Gasteiger partial charge in [-0.25, -0.2) is 4.79 Å². The third-order valence-corrected chi connectivity index (χ3v) is 3.64. The highest BCUT2D eigenvalue weighted by Gasteiger charge is 2.25. The highest BCUT2D eigenvalue weighted by molar-refractivity contribution is 5.74. The molecule has 0 spiro atoms. The Morgan fingerprint density at radius 1 is 1.56 bits per heavy atom. The fraction of sp³-hybridized carbons (Fsp3) is 0.923. The minimum absolute atomic E-state index is 0.00533. The number of aliphatic hydroxyl groups excluding tert-OH is 1. The van der Waals surface area contributed by atoms with Gasteiger partial charge in [-0.1, -0.05) is 6.92 Å². The van der Waals surface area contributed by atoms with Crippen LogP contribution in [0, 0.1) is 5.92 Å². The third kappa shape index (κ3) is 4.46. The van der Waals surface area contributed by atoms with E-state index in [0.29, 0.717) is 19.1 Å². The number of likely N-dealkylation sites (tertiary alicyclic amines) is 1. The number of hydrogen-bond acceptors (Lipinski definition) is 3. The van der Waals surface area contributed by atoms with Gasteiger partial charge in [0, 0.05) is 44.7 Å². The zero-order valence-electron chi connectivity index (χ0n) is 11.9. The summed E-state index contributed by atoms with van der Waals surface area (Å²) in [6, 6.07) is 0.517. The van der Waals surface area contributed by atoms with Crippen LogP contribution in [-0.4, -0.2) is 66.3 Å². The van der Waals surface area contributed by atoms with Gasteiger partial charge in [0.25, 0.3) is 0 Å². The van der Waals surface area contributed by atoms with Crippen molar-refractivity contribution in [1.82, 2.24) is 15.1 Å². The molecule has 1 aliphatic rings. The highest BCUT2D eigenvalue weighted by atomic mass is 16.3. The summed E-state index contributed by atoms with van der Waals surface area (Å²) in [6.07, 6.45) is 0.914. The summed E-state index contributed by atoms with van der Waals surface area (Å²) < 4.78 is 0. The lowest BCUT2D eigenvalue weighted by atomic mass is 10.1. The molecular weight excluding hydrogens is 230 g/mol. The number of hydrogen-bond donors (Lipinski definition) is 2. The molecule has 1 rings (SSSR count). The van der Waals surface area contributed by atoms with Gasteiger partial charge in [0.2, 0.25) is 0 Å². The summed E-state index contributed by atoms with van der Waals surface area (Å²) in [7, 11) is 0. The molecule has 0 aromatic rings. The van der Waals surface area contributed by atoms with E-state index < -0.39 is 0 Å². The lowest BCUT2D eigenvalue weighted by Crippen LogP contribution is -2.43. The molecule has 0 radical (unpaired) electrons. The zero-order chi connectivity index (χ0) is 13.5. The molecule has 5 heteroatoms. The Morgan fingerprint density at radius 3 is 2.78 bits per heavy atom. The van der Waals surface area contributed by atoms with E-state index in [-0.39, 0.29) is 18.6 Å². The van der Waals surface area contributed by atoms with Gasteiger partial charge in [0.1, 0.15) is 0 Å². The molecule has 1 unspecified atom stereocenters. The van der Waals surface area contributed by atoms with E-state index in [0.717, 1.165) is 26.1 Å². The van der Waals surface area contributed by atoms with Crippen LogP contribution >= 0.6 is 0 Å². The Balaban J connectivity index is 2.21. The largest absolute Gasteiger partial charge is 0.396 e. The van der Waals surface area contributed by atoms with Crippen LogP contribution in [0.25, 0.3) is 0 Å². The topological polar surface area (TPSA) is 55.8 Å². The quantitative estimate of drug-likeness (QED) is 0.738. The second-order valence-corrected chi connectivity index (χ2v) is 5.24. The van der Waals surface area contributed by atoms with Crippen molar-refractivity contribution in [3.8, 4) is 0 Å². The molecule has 18 heavy (non-hydrogen) atoms. The van der Waals surface area contributed by atoms with Gasteiger partial charge in [0.15, 0.2) is 0 Å². The van der Waals surface area contributed by atoms with Crippen LogP contribution in [0.2, 0.25) is 0 Å². The van der Waals surface area contributed by atoms with E-state index in [1.54, 1.807) is 4.90 Å². The summed E-state index contributed by atoms with van der Waals surface area (Å²) >= 11 is 0. The minimum Gasteiger partial charge on any atom is -0.396 e. The molecule has 106 valence electrons. The SMILES string of the molecule is CCN(CCNC(=O)N1CCC(CO)C1)C(C)C. The second kappa shape index (κ2) is 7.59. The number of rotatable bonds is 6. The van der Waals surface area contributed by atoms with Crippen LogP contribution < -0.4 is 5.32 Å². The molecule has 5 nitrogen and oxygen atoms in total. The molecule has 0 bridgehead atoms. The zero-order valence-corrected chi connectivity index (χ0v) is 11.9. The molecule has 1 saturated heterocycles. The van der Waals surface area contributed by atoms with Crippen LogP contribution in [0.1, 0.15) is 27.2 Å². The van der Waals surface area contributed by atoms with E-state index in [4.69, 9.17) is 5.11 Å². The van der Waals surface area contributed by atoms with Crippen LogP contribution in [0.5, 0.6) is 0 Å². The lowest BCUT2D eigenvalue weighted by molar-refractivity contribution is 0.192. The molecule has 1 aliphatic heterocycles. The standard InChI is InChI=1S/C13H27N3O2/c1-4-15(11(2)3)8-6-14-13(18)16-7-5-12(9-16)10-17/h11-12,17H,4-10H2,1-3H3,(H,14,18).